The maximum atomic E-state index is 12.3. The number of halogens is 4. The maximum Gasteiger partial charge on any atom is 0.416 e. The largest absolute Gasteiger partial charge is 0.416 e. The number of benzene rings is 1. The molecular formula is C9H5ClF3N. The Balaban J connectivity index is 3.26. The quantitative estimate of drug-likeness (QED) is 0.665. The molecule has 0 saturated carbocycles. The maximum absolute atomic E-state index is 12.3. The topological polar surface area (TPSA) is 23.8 Å². The molecule has 5 heteroatoms. The first-order valence-corrected chi connectivity index (χ1v) is 4.18. The summed E-state index contributed by atoms with van der Waals surface area (Å²) in [6.45, 7) is 0. The second-order valence-corrected chi connectivity index (χ2v) is 2.93. The minimum atomic E-state index is -4.44. The average molecular weight is 220 g/mol. The molecule has 1 nitrogen and oxygen atoms in total. The van der Waals surface area contributed by atoms with Gasteiger partial charge in [0.25, 0.3) is 0 Å². The highest BCUT2D eigenvalue weighted by atomic mass is 35.5. The minimum absolute atomic E-state index is 0.0320. The number of hydrogen-bond acceptors (Lipinski definition) is 1. The summed E-state index contributed by atoms with van der Waals surface area (Å²) in [6.07, 6.45) is -4.44. The number of rotatable bonds is 1. The normalized spacial score (nSPS) is 11.1. The first kappa shape index (κ1) is 10.9. The molecule has 0 aliphatic rings. The standard InChI is InChI=1S/C9H5ClF3N/c10-4-6-1-7(5-14)3-8(2-6)9(11,12)13/h1-3H,4H2. The number of alkyl halides is 4. The van der Waals surface area contributed by atoms with E-state index in [1.54, 1.807) is 6.07 Å². The molecule has 0 aliphatic carbocycles. The van der Waals surface area contributed by atoms with E-state index in [1.807, 2.05) is 0 Å². The number of nitriles is 1. The van der Waals surface area contributed by atoms with Crippen LogP contribution in [-0.4, -0.2) is 0 Å². The third kappa shape index (κ3) is 2.39. The summed E-state index contributed by atoms with van der Waals surface area (Å²) >= 11 is 5.40. The summed E-state index contributed by atoms with van der Waals surface area (Å²) in [5.74, 6) is -0.0431. The Labute approximate surface area is 83.7 Å². The predicted octanol–water partition coefficient (Wildman–Crippen LogP) is 3.32. The molecule has 1 aromatic carbocycles. The van der Waals surface area contributed by atoms with E-state index in [1.165, 1.54) is 6.07 Å². The van der Waals surface area contributed by atoms with Gasteiger partial charge in [-0.15, -0.1) is 11.6 Å². The van der Waals surface area contributed by atoms with Gasteiger partial charge in [-0.2, -0.15) is 18.4 Å². The Hall–Kier alpha value is -1.21. The summed E-state index contributed by atoms with van der Waals surface area (Å²) < 4.78 is 36.8. The van der Waals surface area contributed by atoms with Crippen LogP contribution in [0.1, 0.15) is 16.7 Å². The van der Waals surface area contributed by atoms with Crippen LogP contribution in [0.25, 0.3) is 0 Å². The zero-order valence-corrected chi connectivity index (χ0v) is 7.65. The fourth-order valence-corrected chi connectivity index (χ4v) is 1.15. The highest BCUT2D eigenvalue weighted by Crippen LogP contribution is 2.30. The third-order valence-electron chi connectivity index (χ3n) is 1.60. The fraction of sp³-hybridized carbons (Fsp3) is 0.222. The van der Waals surface area contributed by atoms with E-state index in [-0.39, 0.29) is 17.0 Å². The summed E-state index contributed by atoms with van der Waals surface area (Å²) in [6, 6.07) is 4.73. The van der Waals surface area contributed by atoms with Crippen molar-refractivity contribution in [3.63, 3.8) is 0 Å². The van der Waals surface area contributed by atoms with Crippen LogP contribution < -0.4 is 0 Å². The lowest BCUT2D eigenvalue weighted by atomic mass is 10.1. The van der Waals surface area contributed by atoms with Crippen LogP contribution in [0.2, 0.25) is 0 Å². The number of hydrogen-bond donors (Lipinski definition) is 0. The SMILES string of the molecule is N#Cc1cc(CCl)cc(C(F)(F)F)c1. The zero-order valence-electron chi connectivity index (χ0n) is 6.90. The molecule has 0 spiro atoms. The molecule has 0 N–H and O–H groups in total. The highest BCUT2D eigenvalue weighted by Gasteiger charge is 2.31. The minimum Gasteiger partial charge on any atom is -0.192 e. The summed E-state index contributed by atoms with van der Waals surface area (Å²) in [5, 5.41) is 8.49. The van der Waals surface area contributed by atoms with E-state index in [4.69, 9.17) is 16.9 Å². The fourth-order valence-electron chi connectivity index (χ4n) is 0.997. The lowest BCUT2D eigenvalue weighted by molar-refractivity contribution is -0.137. The van der Waals surface area contributed by atoms with Gasteiger partial charge in [0.1, 0.15) is 0 Å². The predicted molar refractivity (Wildman–Crippen MR) is 45.7 cm³/mol. The Kier molecular flexibility index (Phi) is 3.02. The van der Waals surface area contributed by atoms with Gasteiger partial charge < -0.3 is 0 Å². The zero-order chi connectivity index (χ0) is 10.8. The number of nitrogens with zero attached hydrogens (tertiary/aromatic N) is 1. The van der Waals surface area contributed by atoms with Gasteiger partial charge in [0.2, 0.25) is 0 Å². The van der Waals surface area contributed by atoms with Gasteiger partial charge in [-0.25, -0.2) is 0 Å². The molecule has 0 amide bonds. The summed E-state index contributed by atoms with van der Waals surface area (Å²) in [4.78, 5) is 0. The Morgan fingerprint density at radius 3 is 2.36 bits per heavy atom. The van der Waals surface area contributed by atoms with Crippen molar-refractivity contribution in [3.8, 4) is 6.07 Å². The van der Waals surface area contributed by atoms with Crippen molar-refractivity contribution < 1.29 is 13.2 Å². The lowest BCUT2D eigenvalue weighted by Crippen LogP contribution is -2.05. The molecule has 0 fully saturated rings. The van der Waals surface area contributed by atoms with Crippen LogP contribution in [0.15, 0.2) is 18.2 Å². The van der Waals surface area contributed by atoms with E-state index in [9.17, 15) is 13.2 Å². The second kappa shape index (κ2) is 3.89. The molecule has 0 unspecified atom stereocenters. The smallest absolute Gasteiger partial charge is 0.192 e. The van der Waals surface area contributed by atoms with Crippen molar-refractivity contribution in [1.29, 1.82) is 5.26 Å². The van der Waals surface area contributed by atoms with Gasteiger partial charge in [-0.1, -0.05) is 0 Å². The monoisotopic (exact) mass is 219 g/mol. The second-order valence-electron chi connectivity index (χ2n) is 2.66. The molecule has 0 heterocycles. The Morgan fingerprint density at radius 2 is 1.93 bits per heavy atom. The first-order valence-electron chi connectivity index (χ1n) is 3.64. The highest BCUT2D eigenvalue weighted by molar-refractivity contribution is 6.17. The summed E-state index contributed by atoms with van der Waals surface area (Å²) in [5.41, 5.74) is -0.583. The summed E-state index contributed by atoms with van der Waals surface area (Å²) in [7, 11) is 0. The van der Waals surface area contributed by atoms with Crippen molar-refractivity contribution in [2.24, 2.45) is 0 Å². The van der Waals surface area contributed by atoms with Crippen molar-refractivity contribution in [2.75, 3.05) is 0 Å². The molecule has 0 aliphatic heterocycles. The molecule has 0 bridgehead atoms. The van der Waals surface area contributed by atoms with Gasteiger partial charge in [0.05, 0.1) is 17.2 Å². The molecule has 0 saturated heterocycles. The van der Waals surface area contributed by atoms with Gasteiger partial charge in [0.15, 0.2) is 0 Å². The average Bonchev–Trinajstić information content (AvgIpc) is 2.15. The van der Waals surface area contributed by atoms with E-state index >= 15 is 0 Å². The van der Waals surface area contributed by atoms with Crippen LogP contribution >= 0.6 is 11.6 Å². The molecular weight excluding hydrogens is 215 g/mol. The first-order chi connectivity index (χ1) is 6.47. The molecule has 0 atom stereocenters. The van der Waals surface area contributed by atoms with E-state index in [0.717, 1.165) is 12.1 Å². The van der Waals surface area contributed by atoms with Gasteiger partial charge in [-0.05, 0) is 23.8 Å². The van der Waals surface area contributed by atoms with E-state index < -0.39 is 11.7 Å². The lowest BCUT2D eigenvalue weighted by Gasteiger charge is -2.08. The van der Waals surface area contributed by atoms with Crippen molar-refractivity contribution in [2.45, 2.75) is 12.1 Å². The van der Waals surface area contributed by atoms with Gasteiger partial charge >= 0.3 is 6.18 Å². The van der Waals surface area contributed by atoms with E-state index in [0.29, 0.717) is 0 Å². The molecule has 0 aromatic heterocycles. The molecule has 74 valence electrons. The van der Waals surface area contributed by atoms with Crippen LogP contribution in [0.3, 0.4) is 0 Å². The van der Waals surface area contributed by atoms with Crippen molar-refractivity contribution >= 4 is 11.6 Å². The van der Waals surface area contributed by atoms with Crippen LogP contribution in [0, 0.1) is 11.3 Å². The van der Waals surface area contributed by atoms with Crippen LogP contribution in [0.4, 0.5) is 13.2 Å². The Bertz CT molecular complexity index is 379. The van der Waals surface area contributed by atoms with Gasteiger partial charge in [0, 0.05) is 5.88 Å². The van der Waals surface area contributed by atoms with Crippen molar-refractivity contribution in [1.82, 2.24) is 0 Å². The molecule has 1 rings (SSSR count). The van der Waals surface area contributed by atoms with Crippen LogP contribution in [-0.2, 0) is 12.1 Å². The van der Waals surface area contributed by atoms with E-state index in [2.05, 4.69) is 0 Å². The third-order valence-corrected chi connectivity index (χ3v) is 1.91. The molecule has 1 aromatic rings. The van der Waals surface area contributed by atoms with Crippen LogP contribution in [0.5, 0.6) is 0 Å². The molecule has 0 radical (unpaired) electrons. The van der Waals surface area contributed by atoms with Gasteiger partial charge in [-0.3, -0.25) is 0 Å². The Morgan fingerprint density at radius 1 is 1.29 bits per heavy atom. The van der Waals surface area contributed by atoms with Crippen molar-refractivity contribution in [3.05, 3.63) is 34.9 Å². The molecule has 14 heavy (non-hydrogen) atoms.